The van der Waals surface area contributed by atoms with Crippen molar-refractivity contribution in [3.8, 4) is 11.6 Å². The number of aryl methyl sites for hydroxylation is 1. The highest BCUT2D eigenvalue weighted by atomic mass is 35.5. The van der Waals surface area contributed by atoms with Gasteiger partial charge in [-0.3, -0.25) is 9.69 Å². The zero-order chi connectivity index (χ0) is 51.4. The van der Waals surface area contributed by atoms with Gasteiger partial charge in [-0.05, 0) is 79.5 Å². The first-order valence-electron chi connectivity index (χ1n) is 23.3. The van der Waals surface area contributed by atoms with Gasteiger partial charge in [-0.15, -0.1) is 20.2 Å². The molecule has 0 radical (unpaired) electrons. The van der Waals surface area contributed by atoms with Crippen molar-refractivity contribution >= 4 is 35.3 Å². The highest BCUT2D eigenvalue weighted by Crippen LogP contribution is 2.62. The summed E-state index contributed by atoms with van der Waals surface area (Å²) in [6.45, 7) is 1.39. The number of carbonyl (C=O) groups excluding carboxylic acids is 3. The van der Waals surface area contributed by atoms with Crippen molar-refractivity contribution in [2.75, 3.05) is 92.9 Å². The van der Waals surface area contributed by atoms with Crippen LogP contribution >= 0.6 is 11.6 Å². The lowest BCUT2D eigenvalue weighted by Crippen LogP contribution is -2.72. The molecule has 2 aliphatic carbocycles. The van der Waals surface area contributed by atoms with Gasteiger partial charge in [0.15, 0.2) is 11.6 Å². The van der Waals surface area contributed by atoms with Crippen LogP contribution in [0, 0.1) is 44.2 Å². The normalized spacial score (nSPS) is 18.7. The van der Waals surface area contributed by atoms with Gasteiger partial charge in [-0.25, -0.2) is 23.4 Å². The first-order valence-corrected chi connectivity index (χ1v) is 23.6. The second-order valence-corrected chi connectivity index (χ2v) is 17.7. The summed E-state index contributed by atoms with van der Waals surface area (Å²) in [6.07, 6.45) is 2.85. The highest BCUT2D eigenvalue weighted by Gasteiger charge is 2.72. The molecule has 7 rings (SSSR count). The van der Waals surface area contributed by atoms with Crippen LogP contribution in [-0.2, 0) is 51.1 Å². The van der Waals surface area contributed by atoms with Crippen LogP contribution in [0.3, 0.4) is 0 Å². The number of aromatic nitrogens is 1. The predicted molar refractivity (Wildman–Crippen MR) is 247 cm³/mol. The van der Waals surface area contributed by atoms with Gasteiger partial charge >= 0.3 is 12.2 Å². The number of hydrogen-bond acceptors (Lipinski definition) is 17. The number of pyridine rings is 1. The number of likely N-dealkylation sites (tertiary alicyclic amines) is 2. The van der Waals surface area contributed by atoms with Crippen LogP contribution in [0.4, 0.5) is 18.4 Å². The van der Waals surface area contributed by atoms with Crippen molar-refractivity contribution in [3.63, 3.8) is 0 Å². The van der Waals surface area contributed by atoms with E-state index in [1.807, 2.05) is 42.2 Å². The molecule has 3 fully saturated rings. The molecule has 3 aromatic rings. The lowest BCUT2D eigenvalue weighted by molar-refractivity contribution is -0.758. The Kier molecular flexibility index (Phi) is 18.2. The van der Waals surface area contributed by atoms with E-state index in [0.717, 1.165) is 41.7 Å². The Hall–Kier alpha value is -6.63. The third-order valence-corrected chi connectivity index (χ3v) is 13.2. The summed E-state index contributed by atoms with van der Waals surface area (Å²) in [5, 5.41) is 18.7. The first kappa shape index (κ1) is 53.2. The Labute approximate surface area is 417 Å². The van der Waals surface area contributed by atoms with Crippen molar-refractivity contribution in [1.29, 1.82) is 0 Å². The number of allylic oxidation sites excluding steroid dienone is 1. The predicted octanol–water partition coefficient (Wildman–Crippen LogP) is 5.78. The maximum absolute atomic E-state index is 15.6. The average molecular weight is 1030 g/mol. The highest BCUT2D eigenvalue weighted by molar-refractivity contribution is 6.32. The van der Waals surface area contributed by atoms with E-state index in [9.17, 15) is 38.6 Å². The standard InChI is InChI=1S/C47H55ClF2N6O16/c1-30-33(13-14-51-43(30)68-21-16-64-2)27-53(34-9-10-34)44(57)39-35(32-7-5-31(6-8-32)4-3-15-67-41-37(50)12-11-36(49)40(41)48)26-47-29-52(45(58)69-22-17-65-19-24-71-55(60)61)28-38(47)54(42(39)47)46(59)70-23-18-66-20-25-72-56(62)63/h5-8,11-14,34,38,42H,3-4,9-10,15-29H2,1-2H3. The molecule has 2 aromatic carbocycles. The van der Waals surface area contributed by atoms with Crippen molar-refractivity contribution < 1.29 is 76.2 Å². The van der Waals surface area contributed by atoms with E-state index >= 15 is 4.79 Å². The van der Waals surface area contributed by atoms with Crippen LogP contribution < -0.4 is 9.47 Å². The maximum atomic E-state index is 15.6. The number of rotatable bonds is 28. The minimum Gasteiger partial charge on any atom is -0.489 e. The molecule has 3 heterocycles. The van der Waals surface area contributed by atoms with Crippen LogP contribution in [0.15, 0.2) is 54.2 Å². The third kappa shape index (κ3) is 12.7. The van der Waals surface area contributed by atoms with Crippen LogP contribution in [-0.4, -0.2) is 159 Å². The fraction of sp³-hybridized carbons (Fsp3) is 0.532. The van der Waals surface area contributed by atoms with Gasteiger partial charge in [0.2, 0.25) is 5.88 Å². The summed E-state index contributed by atoms with van der Waals surface area (Å²) in [6, 6.07) is 9.64. The number of halogens is 3. The van der Waals surface area contributed by atoms with E-state index in [1.165, 1.54) is 9.80 Å². The topological polar surface area (TPSA) is 243 Å². The fourth-order valence-electron chi connectivity index (χ4n) is 9.32. The molecular formula is C47H55ClF2N6O16. The molecule has 1 spiro atoms. The monoisotopic (exact) mass is 1030 g/mol. The summed E-state index contributed by atoms with van der Waals surface area (Å²) in [4.78, 5) is 82.3. The molecule has 2 aliphatic heterocycles. The zero-order valence-electron chi connectivity index (χ0n) is 39.6. The summed E-state index contributed by atoms with van der Waals surface area (Å²) >= 11 is 5.94. The lowest BCUT2D eigenvalue weighted by atomic mass is 9.66. The number of benzene rings is 2. The van der Waals surface area contributed by atoms with Crippen LogP contribution in [0.5, 0.6) is 11.6 Å². The van der Waals surface area contributed by atoms with Crippen LogP contribution in [0.1, 0.15) is 47.9 Å². The largest absolute Gasteiger partial charge is 0.489 e. The Morgan fingerprint density at radius 2 is 1.49 bits per heavy atom. The quantitative estimate of drug-likeness (QED) is 0.0362. The number of methoxy groups -OCH3 is 1. The molecule has 3 amide bonds. The number of ether oxygens (including phenoxy) is 7. The van der Waals surface area contributed by atoms with E-state index in [4.69, 9.17) is 44.8 Å². The molecule has 3 unspecified atom stereocenters. The first-order chi connectivity index (χ1) is 34.7. The van der Waals surface area contributed by atoms with Crippen molar-refractivity contribution in [2.24, 2.45) is 5.41 Å². The summed E-state index contributed by atoms with van der Waals surface area (Å²) in [7, 11) is 1.57. The Morgan fingerprint density at radius 1 is 0.833 bits per heavy atom. The van der Waals surface area contributed by atoms with Crippen molar-refractivity contribution in [1.82, 2.24) is 19.7 Å². The van der Waals surface area contributed by atoms with E-state index in [1.54, 1.807) is 13.3 Å². The summed E-state index contributed by atoms with van der Waals surface area (Å²) in [5.74, 6) is -1.85. The van der Waals surface area contributed by atoms with Gasteiger partial charge in [-0.1, -0.05) is 35.9 Å². The average Bonchev–Trinajstić information content (AvgIpc) is 4.10. The second kappa shape index (κ2) is 24.7. The molecular weight excluding hydrogens is 978 g/mol. The molecule has 4 aliphatic rings. The van der Waals surface area contributed by atoms with E-state index in [-0.39, 0.29) is 110 Å². The smallest absolute Gasteiger partial charge is 0.410 e. The van der Waals surface area contributed by atoms with E-state index < -0.39 is 56.5 Å². The van der Waals surface area contributed by atoms with Gasteiger partial charge in [-0.2, -0.15) is 0 Å². The molecule has 25 heteroatoms. The maximum Gasteiger partial charge on any atom is 0.410 e. The molecule has 22 nitrogen and oxygen atoms in total. The SMILES string of the molecule is COCCOc1nccc(CN(C(=O)C2=C(c3ccc(CCCOc4c(F)ccc(F)c4Cl)cc3)CC34CN(C(=O)OCCOCCO[N+](=O)[O-])CC3N(C(=O)OCCOCCO[N+](=O)[O-])C24)C2CC2)c1C. The molecule has 0 bridgehead atoms. The Morgan fingerprint density at radius 3 is 2.14 bits per heavy atom. The molecule has 390 valence electrons. The number of amides is 3. The van der Waals surface area contributed by atoms with Gasteiger partial charge in [0, 0.05) is 55.5 Å². The van der Waals surface area contributed by atoms with E-state index in [0.29, 0.717) is 42.0 Å². The molecule has 0 N–H and O–H groups in total. The van der Waals surface area contributed by atoms with Gasteiger partial charge < -0.3 is 52.6 Å². The molecule has 1 saturated carbocycles. The third-order valence-electron chi connectivity index (χ3n) is 12.8. The minimum absolute atomic E-state index is 0.0333. The summed E-state index contributed by atoms with van der Waals surface area (Å²) < 4.78 is 66.8. The number of nitrogens with zero attached hydrogens (tertiary/aromatic N) is 6. The number of hydrogen-bond donors (Lipinski definition) is 0. The Balaban J connectivity index is 1.17. The van der Waals surface area contributed by atoms with Crippen LogP contribution in [0.25, 0.3) is 5.57 Å². The van der Waals surface area contributed by atoms with Gasteiger partial charge in [0.25, 0.3) is 16.1 Å². The molecule has 72 heavy (non-hydrogen) atoms. The number of carbonyl (C=O) groups is 3. The summed E-state index contributed by atoms with van der Waals surface area (Å²) in [5.41, 5.74) is 3.32. The fourth-order valence-corrected chi connectivity index (χ4v) is 9.53. The lowest BCUT2D eigenvalue weighted by Gasteiger charge is -2.57. The molecule has 1 aromatic heterocycles. The van der Waals surface area contributed by atoms with Gasteiger partial charge in [0.1, 0.15) is 43.9 Å². The minimum atomic E-state index is -0.947. The van der Waals surface area contributed by atoms with Crippen molar-refractivity contribution in [2.45, 2.75) is 63.7 Å². The van der Waals surface area contributed by atoms with Crippen molar-refractivity contribution in [3.05, 3.63) is 113 Å². The second-order valence-electron chi connectivity index (χ2n) is 17.3. The molecule has 2 saturated heterocycles. The van der Waals surface area contributed by atoms with E-state index in [2.05, 4.69) is 14.7 Å². The zero-order valence-corrected chi connectivity index (χ0v) is 40.4. The molecule has 3 atom stereocenters. The Bertz CT molecular complexity index is 2470. The van der Waals surface area contributed by atoms with Gasteiger partial charge in [0.05, 0.1) is 51.7 Å². The van der Waals surface area contributed by atoms with Crippen LogP contribution in [0.2, 0.25) is 5.02 Å².